The monoisotopic (exact) mass is 521 g/mol. The van der Waals surface area contributed by atoms with Gasteiger partial charge in [0.05, 0.1) is 0 Å². The van der Waals surface area contributed by atoms with E-state index >= 15 is 0 Å². The zero-order valence-corrected chi connectivity index (χ0v) is 24.5. The molecule has 1 amide bonds. The van der Waals surface area contributed by atoms with Gasteiger partial charge in [-0.1, -0.05) is 115 Å². The summed E-state index contributed by atoms with van der Waals surface area (Å²) in [6, 6.07) is -0.577. The van der Waals surface area contributed by atoms with E-state index < -0.39 is 11.6 Å². The first-order valence-corrected chi connectivity index (χ1v) is 17.0. The van der Waals surface area contributed by atoms with Crippen LogP contribution in [0.5, 0.6) is 0 Å². The Labute approximate surface area is 219 Å². The van der Waals surface area contributed by atoms with Gasteiger partial charge >= 0.3 is 5.97 Å². The molecule has 204 valence electrons. The van der Waals surface area contributed by atoms with Crippen molar-refractivity contribution in [3.8, 4) is 0 Å². The van der Waals surface area contributed by atoms with Crippen molar-refractivity contribution in [2.75, 3.05) is 18.3 Å². The van der Waals surface area contributed by atoms with Crippen molar-refractivity contribution in [1.29, 1.82) is 0 Å². The normalized spacial score (nSPS) is 13.4. The van der Waals surface area contributed by atoms with E-state index in [2.05, 4.69) is 31.7 Å². The summed E-state index contributed by atoms with van der Waals surface area (Å²) in [6.07, 6.45) is 25.6. The van der Waals surface area contributed by atoms with Gasteiger partial charge in [0.25, 0.3) is 0 Å². The van der Waals surface area contributed by atoms with Crippen LogP contribution in [0.1, 0.15) is 136 Å². The zero-order chi connectivity index (χ0) is 25.4. The molecule has 0 aromatic carbocycles. The maximum Gasteiger partial charge on any atom is 0.330 e. The molecule has 6 heteroatoms. The van der Waals surface area contributed by atoms with E-state index in [0.29, 0.717) is 19.3 Å². The summed E-state index contributed by atoms with van der Waals surface area (Å²) in [6.45, 7) is 4.46. The van der Waals surface area contributed by atoms with Crippen molar-refractivity contribution in [1.82, 2.24) is 5.32 Å². The molecule has 0 heterocycles. The Kier molecular flexibility index (Phi) is 24.0. The number of esters is 1. The Hall–Kier alpha value is -0.420. The van der Waals surface area contributed by atoms with Crippen LogP contribution in [-0.4, -0.2) is 41.7 Å². The highest BCUT2D eigenvalue weighted by Crippen LogP contribution is 2.18. The molecule has 4 nitrogen and oxygen atoms in total. The fourth-order valence-corrected chi connectivity index (χ4v) is 5.04. The van der Waals surface area contributed by atoms with Crippen LogP contribution in [0.4, 0.5) is 0 Å². The molecule has 34 heavy (non-hydrogen) atoms. The molecule has 0 aromatic rings. The summed E-state index contributed by atoms with van der Waals surface area (Å²) in [5.41, 5.74) is -0.607. The fraction of sp³-hybridized carbons (Fsp3) is 0.929. The quantitative estimate of drug-likeness (QED) is 0.0581. The van der Waals surface area contributed by atoms with Gasteiger partial charge in [-0.2, -0.15) is 0 Å². The van der Waals surface area contributed by atoms with Gasteiger partial charge in [-0.25, -0.2) is 4.79 Å². The molecule has 2 atom stereocenters. The van der Waals surface area contributed by atoms with Crippen LogP contribution in [-0.2, 0) is 14.3 Å². The standard InChI is InChI=1S/C28H56ClNO3S/c1-5-7-9-11-13-14-16-17-19-21-26(29)33-28(32)25(23-24-34(3)4)30-27(31)22-20-18-15-12-10-8-6-2/h25-26,34H,5-24H2,1-4H3,(H,30,31)/t25-,26?/m1/s1. The molecule has 0 aliphatic heterocycles. The zero-order valence-electron chi connectivity index (χ0n) is 22.8. The predicted octanol–water partition coefficient (Wildman–Crippen LogP) is 8.29. The smallest absolute Gasteiger partial charge is 0.330 e. The molecule has 0 saturated carbocycles. The average molecular weight is 522 g/mol. The van der Waals surface area contributed by atoms with Gasteiger partial charge in [0.2, 0.25) is 5.91 Å². The number of ether oxygens (including phenoxy) is 1. The minimum absolute atomic E-state index is 0.0444. The van der Waals surface area contributed by atoms with Crippen molar-refractivity contribution < 1.29 is 14.3 Å². The Morgan fingerprint density at radius 3 is 1.71 bits per heavy atom. The van der Waals surface area contributed by atoms with Crippen molar-refractivity contribution >= 4 is 34.4 Å². The second-order valence-electron chi connectivity index (χ2n) is 10.0. The number of carbonyl (C=O) groups is 2. The second kappa shape index (κ2) is 24.3. The topological polar surface area (TPSA) is 55.4 Å². The van der Waals surface area contributed by atoms with Gasteiger partial charge < -0.3 is 10.1 Å². The summed E-state index contributed by atoms with van der Waals surface area (Å²) < 4.78 is 5.52. The van der Waals surface area contributed by atoms with E-state index in [-0.39, 0.29) is 22.8 Å². The van der Waals surface area contributed by atoms with Crippen LogP contribution >= 0.6 is 22.5 Å². The summed E-state index contributed by atoms with van der Waals surface area (Å²) in [7, 11) is -0.137. The molecule has 0 radical (unpaired) electrons. The van der Waals surface area contributed by atoms with Gasteiger partial charge in [0.15, 0.2) is 5.56 Å². The fourth-order valence-electron chi connectivity index (χ4n) is 4.03. The predicted molar refractivity (Wildman–Crippen MR) is 152 cm³/mol. The van der Waals surface area contributed by atoms with Crippen molar-refractivity contribution in [2.45, 2.75) is 147 Å². The lowest BCUT2D eigenvalue weighted by molar-refractivity contribution is -0.150. The van der Waals surface area contributed by atoms with Gasteiger partial charge in [-0.3, -0.25) is 15.7 Å². The third-order valence-corrected chi connectivity index (χ3v) is 7.73. The third-order valence-electron chi connectivity index (χ3n) is 6.27. The van der Waals surface area contributed by atoms with Crippen LogP contribution in [0.25, 0.3) is 0 Å². The highest BCUT2D eigenvalue weighted by atomic mass is 35.5. The molecule has 0 aliphatic rings. The molecular weight excluding hydrogens is 466 g/mol. The lowest BCUT2D eigenvalue weighted by Gasteiger charge is -2.21. The number of alkyl halides is 1. The SMILES string of the molecule is CCCCCCCCCCCC(Cl)OC(=O)[C@@H](CC[SH](C)C)NC(=O)CCCCCCCCC. The third kappa shape index (κ3) is 22.1. The van der Waals surface area contributed by atoms with Gasteiger partial charge in [-0.15, -0.1) is 0 Å². The minimum atomic E-state index is -0.607. The summed E-state index contributed by atoms with van der Waals surface area (Å²) in [5, 5.41) is 2.93. The number of thiol groups is 1. The number of amides is 1. The van der Waals surface area contributed by atoms with Crippen molar-refractivity contribution in [3.63, 3.8) is 0 Å². The van der Waals surface area contributed by atoms with Gasteiger partial charge in [0.1, 0.15) is 6.04 Å². The summed E-state index contributed by atoms with van der Waals surface area (Å²) >= 11 is 6.32. The molecule has 0 fully saturated rings. The number of nitrogens with one attached hydrogen (secondary N) is 1. The summed E-state index contributed by atoms with van der Waals surface area (Å²) in [5.74, 6) is 0.510. The number of halogens is 1. The minimum Gasteiger partial charge on any atom is -0.444 e. The van der Waals surface area contributed by atoms with Crippen molar-refractivity contribution in [3.05, 3.63) is 0 Å². The first kappa shape index (κ1) is 33.6. The molecule has 0 saturated heterocycles. The van der Waals surface area contributed by atoms with Gasteiger partial charge in [0, 0.05) is 6.42 Å². The first-order valence-electron chi connectivity index (χ1n) is 14.2. The van der Waals surface area contributed by atoms with Crippen LogP contribution in [0, 0.1) is 0 Å². The van der Waals surface area contributed by atoms with E-state index in [9.17, 15) is 9.59 Å². The molecule has 0 aliphatic carbocycles. The number of hydrogen-bond acceptors (Lipinski definition) is 3. The highest BCUT2D eigenvalue weighted by Gasteiger charge is 2.24. The first-order chi connectivity index (χ1) is 16.4. The average Bonchev–Trinajstić information content (AvgIpc) is 2.79. The molecule has 1 unspecified atom stereocenters. The molecule has 0 bridgehead atoms. The van der Waals surface area contributed by atoms with E-state index in [0.717, 1.165) is 31.4 Å². The Bertz CT molecular complexity index is 490. The van der Waals surface area contributed by atoms with Crippen LogP contribution in [0.3, 0.4) is 0 Å². The Morgan fingerprint density at radius 2 is 1.21 bits per heavy atom. The lowest BCUT2D eigenvalue weighted by Crippen LogP contribution is -2.43. The Morgan fingerprint density at radius 1 is 0.735 bits per heavy atom. The maximum absolute atomic E-state index is 12.7. The van der Waals surface area contributed by atoms with Crippen LogP contribution in [0.15, 0.2) is 0 Å². The van der Waals surface area contributed by atoms with Gasteiger partial charge in [-0.05, 0) is 43.9 Å². The molecule has 0 spiro atoms. The van der Waals surface area contributed by atoms with Crippen LogP contribution in [0.2, 0.25) is 0 Å². The molecule has 0 rings (SSSR count). The number of hydrogen-bond donors (Lipinski definition) is 2. The van der Waals surface area contributed by atoms with E-state index in [1.807, 2.05) is 0 Å². The second-order valence-corrected chi connectivity index (χ2v) is 13.1. The Balaban J connectivity index is 4.18. The maximum atomic E-state index is 12.7. The molecule has 1 N–H and O–H groups in total. The summed E-state index contributed by atoms with van der Waals surface area (Å²) in [4.78, 5) is 25.2. The largest absolute Gasteiger partial charge is 0.444 e. The van der Waals surface area contributed by atoms with E-state index in [1.54, 1.807) is 0 Å². The number of rotatable bonds is 24. The van der Waals surface area contributed by atoms with Crippen molar-refractivity contribution in [2.24, 2.45) is 0 Å². The molecule has 0 aromatic heterocycles. The highest BCUT2D eigenvalue weighted by molar-refractivity contribution is 8.15. The molecular formula is C28H56ClNO3S. The van der Waals surface area contributed by atoms with E-state index in [1.165, 1.54) is 77.0 Å². The number of carbonyl (C=O) groups excluding carboxylic acids is 2. The van der Waals surface area contributed by atoms with Crippen LogP contribution < -0.4 is 5.32 Å². The number of unbranched alkanes of at least 4 members (excludes halogenated alkanes) is 14. The van der Waals surface area contributed by atoms with E-state index in [4.69, 9.17) is 16.3 Å². The lowest BCUT2D eigenvalue weighted by atomic mass is 10.1.